The monoisotopic (exact) mass is 576 g/mol. The van der Waals surface area contributed by atoms with E-state index in [9.17, 15) is 14.9 Å². The maximum Gasteiger partial charge on any atom is 0.274 e. The number of nitrogens with two attached hydrogens (primary N) is 2. The largest absolute Gasteiger partial charge is 0.382 e. The molecule has 0 unspecified atom stereocenters. The highest BCUT2D eigenvalue weighted by molar-refractivity contribution is 5.93. The fraction of sp³-hybridized carbons (Fsp3) is 0.133. The van der Waals surface area contributed by atoms with Gasteiger partial charge in [-0.2, -0.15) is 15.2 Å². The van der Waals surface area contributed by atoms with E-state index in [-0.39, 0.29) is 28.7 Å². The molecule has 5 rings (SSSR count). The van der Waals surface area contributed by atoms with Gasteiger partial charge in [-0.1, -0.05) is 43.3 Å². The SMILES string of the molecule is CC[C@H](Nc1nc(N)nc(N)c1C#N)c1nc2cccc(NCc3ccc(C(=O)NO)cc3)c2c(=O)n1-c1ccccc1. The van der Waals surface area contributed by atoms with Crippen molar-refractivity contribution in [2.45, 2.75) is 25.9 Å². The van der Waals surface area contributed by atoms with Crippen molar-refractivity contribution < 1.29 is 10.0 Å². The number of amides is 1. The van der Waals surface area contributed by atoms with Crippen molar-refractivity contribution in [2.24, 2.45) is 0 Å². The molecule has 0 saturated heterocycles. The third-order valence-electron chi connectivity index (χ3n) is 6.84. The van der Waals surface area contributed by atoms with Crippen LogP contribution in [-0.4, -0.2) is 30.6 Å². The molecular weight excluding hydrogens is 548 g/mol. The van der Waals surface area contributed by atoms with E-state index in [1.54, 1.807) is 47.9 Å². The Labute approximate surface area is 245 Å². The molecule has 0 spiro atoms. The number of para-hydroxylation sites is 1. The summed E-state index contributed by atoms with van der Waals surface area (Å²) in [6.07, 6.45) is 0.474. The molecule has 8 N–H and O–H groups in total. The molecule has 5 aromatic rings. The van der Waals surface area contributed by atoms with Gasteiger partial charge in [0.15, 0.2) is 5.82 Å². The second kappa shape index (κ2) is 12.2. The number of anilines is 4. The summed E-state index contributed by atoms with van der Waals surface area (Å²) in [6, 6.07) is 22.6. The molecule has 3 aromatic carbocycles. The Morgan fingerprint density at radius 2 is 1.77 bits per heavy atom. The number of hydroxylamine groups is 1. The summed E-state index contributed by atoms with van der Waals surface area (Å²) in [5, 5.41) is 25.4. The number of benzene rings is 3. The minimum Gasteiger partial charge on any atom is -0.382 e. The maximum absolute atomic E-state index is 14.3. The number of nitrogen functional groups attached to an aromatic ring is 2. The lowest BCUT2D eigenvalue weighted by Crippen LogP contribution is -2.29. The first-order valence-corrected chi connectivity index (χ1v) is 13.3. The highest BCUT2D eigenvalue weighted by Gasteiger charge is 2.24. The lowest BCUT2D eigenvalue weighted by Gasteiger charge is -2.23. The van der Waals surface area contributed by atoms with Gasteiger partial charge in [0.2, 0.25) is 5.95 Å². The van der Waals surface area contributed by atoms with Gasteiger partial charge in [-0.25, -0.2) is 10.5 Å². The Morgan fingerprint density at radius 1 is 1.02 bits per heavy atom. The molecule has 216 valence electrons. The minimum atomic E-state index is -0.604. The summed E-state index contributed by atoms with van der Waals surface area (Å²) < 4.78 is 1.54. The van der Waals surface area contributed by atoms with E-state index in [2.05, 4.69) is 20.6 Å². The van der Waals surface area contributed by atoms with Crippen LogP contribution in [0.25, 0.3) is 16.6 Å². The third-order valence-corrected chi connectivity index (χ3v) is 6.84. The Balaban J connectivity index is 1.60. The van der Waals surface area contributed by atoms with Gasteiger partial charge in [0.05, 0.1) is 22.6 Å². The van der Waals surface area contributed by atoms with Crippen LogP contribution in [0.1, 0.15) is 46.7 Å². The molecule has 13 nitrogen and oxygen atoms in total. The summed E-state index contributed by atoms with van der Waals surface area (Å²) in [5.74, 6) is -0.205. The number of carbonyl (C=O) groups is 1. The zero-order valence-electron chi connectivity index (χ0n) is 23.1. The van der Waals surface area contributed by atoms with Gasteiger partial charge < -0.3 is 22.1 Å². The van der Waals surface area contributed by atoms with E-state index >= 15 is 0 Å². The molecule has 43 heavy (non-hydrogen) atoms. The Morgan fingerprint density at radius 3 is 2.44 bits per heavy atom. The highest BCUT2D eigenvalue weighted by atomic mass is 16.5. The fourth-order valence-electron chi connectivity index (χ4n) is 4.72. The van der Waals surface area contributed by atoms with Crippen LogP contribution in [0.4, 0.5) is 23.3 Å². The third kappa shape index (κ3) is 5.76. The van der Waals surface area contributed by atoms with Gasteiger partial charge >= 0.3 is 0 Å². The van der Waals surface area contributed by atoms with E-state index in [0.717, 1.165) is 5.56 Å². The number of carbonyl (C=O) groups excluding carboxylic acids is 1. The zero-order valence-corrected chi connectivity index (χ0v) is 23.1. The van der Waals surface area contributed by atoms with Gasteiger partial charge in [-0.3, -0.25) is 19.4 Å². The first kappa shape index (κ1) is 28.5. The second-order valence-electron chi connectivity index (χ2n) is 9.54. The number of nitrogens with zero attached hydrogens (tertiary/aromatic N) is 5. The molecule has 0 bridgehead atoms. The van der Waals surface area contributed by atoms with Crippen molar-refractivity contribution in [3.63, 3.8) is 0 Å². The molecule has 13 heteroatoms. The summed E-state index contributed by atoms with van der Waals surface area (Å²) >= 11 is 0. The normalized spacial score (nSPS) is 11.5. The van der Waals surface area contributed by atoms with Crippen molar-refractivity contribution in [3.05, 3.63) is 106 Å². The maximum atomic E-state index is 14.3. The Hall–Kier alpha value is -6.00. The summed E-state index contributed by atoms with van der Waals surface area (Å²) in [5.41, 5.74) is 15.9. The number of hydrogen-bond acceptors (Lipinski definition) is 11. The molecule has 0 saturated carbocycles. The van der Waals surface area contributed by atoms with Gasteiger partial charge in [-0.15, -0.1) is 0 Å². The molecule has 0 fully saturated rings. The van der Waals surface area contributed by atoms with Crippen LogP contribution in [0.2, 0.25) is 0 Å². The molecule has 2 heterocycles. The number of aromatic nitrogens is 4. The van der Waals surface area contributed by atoms with Crippen LogP contribution in [0.15, 0.2) is 77.6 Å². The van der Waals surface area contributed by atoms with Crippen molar-refractivity contribution in [3.8, 4) is 11.8 Å². The minimum absolute atomic E-state index is 0.0403. The van der Waals surface area contributed by atoms with Gasteiger partial charge in [0.25, 0.3) is 11.5 Å². The van der Waals surface area contributed by atoms with Crippen molar-refractivity contribution in [1.29, 1.82) is 5.26 Å². The van der Waals surface area contributed by atoms with Crippen LogP contribution < -0.4 is 33.1 Å². The van der Waals surface area contributed by atoms with Crippen LogP contribution in [-0.2, 0) is 6.54 Å². The molecule has 0 aliphatic rings. The van der Waals surface area contributed by atoms with Gasteiger partial charge in [0, 0.05) is 17.8 Å². The lowest BCUT2D eigenvalue weighted by atomic mass is 10.1. The first-order chi connectivity index (χ1) is 20.8. The standard InChI is InChI=1S/C30H28N10O3/c1-2-21(35-26-20(15-31)25(32)37-30(33)38-26)27-36-23-10-6-9-22(24(23)29(42)40(27)19-7-4-3-5-8-19)34-16-17-11-13-18(14-12-17)28(41)39-43/h3-14,21,34,43H,2,16H2,1H3,(H,39,41)(H5,32,33,35,37,38)/t21-/m0/s1. The van der Waals surface area contributed by atoms with Crippen LogP contribution in [0.3, 0.4) is 0 Å². The molecule has 1 atom stereocenters. The summed E-state index contributed by atoms with van der Waals surface area (Å²) in [4.78, 5) is 38.9. The molecule has 1 amide bonds. The lowest BCUT2D eigenvalue weighted by molar-refractivity contribution is 0.0706. The number of hydrogen-bond donors (Lipinski definition) is 6. The van der Waals surface area contributed by atoms with Crippen LogP contribution >= 0.6 is 0 Å². The van der Waals surface area contributed by atoms with E-state index in [1.165, 1.54) is 4.57 Å². The van der Waals surface area contributed by atoms with Crippen molar-refractivity contribution >= 4 is 40.1 Å². The number of nitrogens with one attached hydrogen (secondary N) is 3. The van der Waals surface area contributed by atoms with E-state index in [4.69, 9.17) is 21.7 Å². The molecule has 0 radical (unpaired) electrons. The average Bonchev–Trinajstić information content (AvgIpc) is 3.02. The topological polar surface area (TPSA) is 210 Å². The van der Waals surface area contributed by atoms with E-state index < -0.39 is 11.9 Å². The van der Waals surface area contributed by atoms with E-state index in [1.807, 2.05) is 43.3 Å². The summed E-state index contributed by atoms with van der Waals surface area (Å²) in [7, 11) is 0. The number of fused-ring (bicyclic) bond motifs is 1. The van der Waals surface area contributed by atoms with Crippen LogP contribution in [0.5, 0.6) is 0 Å². The van der Waals surface area contributed by atoms with Gasteiger partial charge in [0.1, 0.15) is 23.3 Å². The quantitative estimate of drug-likeness (QED) is 0.110. The molecule has 2 aromatic heterocycles. The average molecular weight is 577 g/mol. The smallest absolute Gasteiger partial charge is 0.274 e. The fourth-order valence-corrected chi connectivity index (χ4v) is 4.72. The number of nitriles is 1. The van der Waals surface area contributed by atoms with Crippen LogP contribution in [0, 0.1) is 11.3 Å². The van der Waals surface area contributed by atoms with Crippen molar-refractivity contribution in [1.82, 2.24) is 25.0 Å². The number of rotatable bonds is 9. The predicted octanol–water partition coefficient (Wildman–Crippen LogP) is 3.51. The molecular formula is C30H28N10O3. The summed E-state index contributed by atoms with van der Waals surface area (Å²) in [6.45, 7) is 2.27. The first-order valence-electron chi connectivity index (χ1n) is 13.3. The zero-order chi connectivity index (χ0) is 30.5. The van der Waals surface area contributed by atoms with Gasteiger partial charge in [-0.05, 0) is 48.4 Å². The van der Waals surface area contributed by atoms with E-state index in [0.29, 0.717) is 46.6 Å². The van der Waals surface area contributed by atoms with Crippen molar-refractivity contribution in [2.75, 3.05) is 22.1 Å². The Kier molecular flexibility index (Phi) is 8.13. The predicted molar refractivity (Wildman–Crippen MR) is 163 cm³/mol. The second-order valence-corrected chi connectivity index (χ2v) is 9.54. The Bertz CT molecular complexity index is 1900. The highest BCUT2D eigenvalue weighted by Crippen LogP contribution is 2.29. The molecule has 0 aliphatic heterocycles. The molecule has 0 aliphatic carbocycles.